The van der Waals surface area contributed by atoms with Gasteiger partial charge in [0.1, 0.15) is 5.75 Å². The molecule has 3 aromatic rings. The van der Waals surface area contributed by atoms with Crippen molar-refractivity contribution in [3.05, 3.63) is 88.4 Å². The topological polar surface area (TPSA) is 78.4 Å². The Morgan fingerprint density at radius 1 is 0.964 bits per heavy atom. The van der Waals surface area contributed by atoms with Gasteiger partial charge in [-0.15, -0.1) is 0 Å². The van der Waals surface area contributed by atoms with E-state index in [1.165, 1.54) is 6.07 Å². The van der Waals surface area contributed by atoms with E-state index in [1.807, 2.05) is 25.1 Å². The Labute approximate surface area is 168 Å². The lowest BCUT2D eigenvalue weighted by Crippen LogP contribution is -2.21. The molecule has 0 saturated carbocycles. The third-order valence-electron chi connectivity index (χ3n) is 4.23. The van der Waals surface area contributed by atoms with Crippen LogP contribution in [0.5, 0.6) is 5.75 Å². The number of hydrogen-bond donors (Lipinski definition) is 3. The van der Waals surface area contributed by atoms with Crippen molar-refractivity contribution in [2.45, 2.75) is 6.92 Å². The van der Waals surface area contributed by atoms with Gasteiger partial charge >= 0.3 is 0 Å². The number of phenolic OH excluding ortho intramolecular Hbond substituents is 1. The Balaban J connectivity index is 1.66. The molecule has 0 fully saturated rings. The first-order valence-electron chi connectivity index (χ1n) is 8.67. The molecule has 0 aliphatic rings. The van der Waals surface area contributed by atoms with Crippen LogP contribution in [-0.2, 0) is 4.79 Å². The smallest absolute Gasteiger partial charge is 0.243 e. The summed E-state index contributed by atoms with van der Waals surface area (Å²) in [6, 6.07) is 18.8. The molecule has 0 aromatic heterocycles. The number of carbonyl (C=O) groups excluding carboxylic acids is 2. The first-order valence-corrected chi connectivity index (χ1v) is 9.05. The number of rotatable bonds is 6. The van der Waals surface area contributed by atoms with Crippen LogP contribution < -0.4 is 10.6 Å². The highest BCUT2D eigenvalue weighted by Gasteiger charge is 2.15. The number of para-hydroxylation sites is 2. The molecular weight excluding hydrogens is 376 g/mol. The molecule has 3 rings (SSSR count). The Hall–Kier alpha value is -3.31. The molecule has 142 valence electrons. The van der Waals surface area contributed by atoms with Crippen molar-refractivity contribution in [3.63, 3.8) is 0 Å². The van der Waals surface area contributed by atoms with Gasteiger partial charge in [-0.1, -0.05) is 48.0 Å². The van der Waals surface area contributed by atoms with Gasteiger partial charge in [0.2, 0.25) is 5.91 Å². The molecular formula is C22H19ClN2O3. The normalized spacial score (nSPS) is 10.4. The van der Waals surface area contributed by atoms with E-state index in [-0.39, 0.29) is 24.0 Å². The quantitative estimate of drug-likeness (QED) is 0.420. The third-order valence-corrected chi connectivity index (χ3v) is 4.55. The fourth-order valence-electron chi connectivity index (χ4n) is 2.74. The van der Waals surface area contributed by atoms with Gasteiger partial charge in [0.15, 0.2) is 5.78 Å². The molecule has 0 aliphatic carbocycles. The minimum Gasteiger partial charge on any atom is -0.506 e. The maximum atomic E-state index is 12.7. The molecule has 3 N–H and O–H groups in total. The number of halogens is 1. The minimum absolute atomic E-state index is 0.00188. The van der Waals surface area contributed by atoms with E-state index in [4.69, 9.17) is 11.6 Å². The summed E-state index contributed by atoms with van der Waals surface area (Å²) >= 11 is 6.30. The third kappa shape index (κ3) is 4.50. The van der Waals surface area contributed by atoms with E-state index in [2.05, 4.69) is 10.6 Å². The second kappa shape index (κ2) is 8.59. The zero-order chi connectivity index (χ0) is 20.1. The molecule has 0 saturated heterocycles. The Kier molecular flexibility index (Phi) is 5.96. The highest BCUT2D eigenvalue weighted by atomic mass is 35.5. The van der Waals surface area contributed by atoms with E-state index in [9.17, 15) is 14.7 Å². The molecule has 0 bridgehead atoms. The first kappa shape index (κ1) is 19.5. The highest BCUT2D eigenvalue weighted by molar-refractivity contribution is 6.35. The van der Waals surface area contributed by atoms with Crippen molar-refractivity contribution in [1.82, 2.24) is 0 Å². The molecule has 0 unspecified atom stereocenters. The van der Waals surface area contributed by atoms with E-state index < -0.39 is 0 Å². The Morgan fingerprint density at radius 2 is 1.68 bits per heavy atom. The minimum atomic E-state index is -0.322. The largest absolute Gasteiger partial charge is 0.506 e. The van der Waals surface area contributed by atoms with E-state index in [0.29, 0.717) is 27.5 Å². The number of benzene rings is 3. The second-order valence-electron chi connectivity index (χ2n) is 6.26. The number of aromatic hydroxyl groups is 1. The Morgan fingerprint density at radius 3 is 2.39 bits per heavy atom. The van der Waals surface area contributed by atoms with Crippen LogP contribution in [0.3, 0.4) is 0 Å². The van der Waals surface area contributed by atoms with Crippen LogP contribution in [0.15, 0.2) is 66.7 Å². The van der Waals surface area contributed by atoms with Crippen molar-refractivity contribution < 1.29 is 14.7 Å². The van der Waals surface area contributed by atoms with Crippen LogP contribution in [0.2, 0.25) is 5.02 Å². The number of aryl methyl sites for hydroxylation is 1. The van der Waals surface area contributed by atoms with Gasteiger partial charge < -0.3 is 15.7 Å². The summed E-state index contributed by atoms with van der Waals surface area (Å²) in [7, 11) is 0. The van der Waals surface area contributed by atoms with Gasteiger partial charge in [-0.05, 0) is 42.8 Å². The van der Waals surface area contributed by atoms with Crippen LogP contribution in [0.1, 0.15) is 21.5 Å². The van der Waals surface area contributed by atoms with Crippen molar-refractivity contribution in [2.24, 2.45) is 0 Å². The summed E-state index contributed by atoms with van der Waals surface area (Å²) in [5.74, 6) is -0.470. The monoisotopic (exact) mass is 394 g/mol. The maximum Gasteiger partial charge on any atom is 0.243 e. The number of hydrogen-bond acceptors (Lipinski definition) is 4. The molecule has 0 radical (unpaired) electrons. The number of nitrogens with one attached hydrogen (secondary N) is 2. The molecule has 28 heavy (non-hydrogen) atoms. The molecule has 3 aromatic carbocycles. The number of carbonyl (C=O) groups is 2. The molecule has 0 aliphatic heterocycles. The van der Waals surface area contributed by atoms with E-state index in [1.54, 1.807) is 42.5 Å². The van der Waals surface area contributed by atoms with Crippen molar-refractivity contribution in [2.75, 3.05) is 17.2 Å². The van der Waals surface area contributed by atoms with Gasteiger partial charge in [0, 0.05) is 16.8 Å². The van der Waals surface area contributed by atoms with E-state index in [0.717, 1.165) is 5.56 Å². The first-order chi connectivity index (χ1) is 13.5. The van der Waals surface area contributed by atoms with Crippen LogP contribution in [0.25, 0.3) is 0 Å². The summed E-state index contributed by atoms with van der Waals surface area (Å²) in [5, 5.41) is 15.6. The SMILES string of the molecule is Cc1ccccc1C(=O)c1ccc(NCC(=O)Nc2ccccc2O)cc1Cl. The summed E-state index contributed by atoms with van der Waals surface area (Å²) in [6.45, 7) is 1.86. The maximum absolute atomic E-state index is 12.7. The summed E-state index contributed by atoms with van der Waals surface area (Å²) in [4.78, 5) is 24.8. The predicted molar refractivity (Wildman–Crippen MR) is 111 cm³/mol. The van der Waals surface area contributed by atoms with Gasteiger partial charge in [-0.25, -0.2) is 0 Å². The van der Waals surface area contributed by atoms with Crippen molar-refractivity contribution in [3.8, 4) is 5.75 Å². The van der Waals surface area contributed by atoms with Crippen molar-refractivity contribution >= 4 is 34.7 Å². The molecule has 5 nitrogen and oxygen atoms in total. The lowest BCUT2D eigenvalue weighted by molar-refractivity contribution is -0.114. The van der Waals surface area contributed by atoms with Crippen LogP contribution in [0, 0.1) is 6.92 Å². The zero-order valence-corrected chi connectivity index (χ0v) is 16.0. The van der Waals surface area contributed by atoms with Gasteiger partial charge in [0.25, 0.3) is 0 Å². The summed E-state index contributed by atoms with van der Waals surface area (Å²) in [5.41, 5.74) is 2.84. The molecule has 0 heterocycles. The zero-order valence-electron chi connectivity index (χ0n) is 15.2. The molecule has 0 spiro atoms. The molecule has 6 heteroatoms. The predicted octanol–water partition coefficient (Wildman–Crippen LogP) is 4.64. The van der Waals surface area contributed by atoms with Crippen LogP contribution in [-0.4, -0.2) is 23.3 Å². The van der Waals surface area contributed by atoms with Gasteiger partial charge in [-0.2, -0.15) is 0 Å². The Bertz CT molecular complexity index is 1030. The highest BCUT2D eigenvalue weighted by Crippen LogP contribution is 2.25. The summed E-state index contributed by atoms with van der Waals surface area (Å²) < 4.78 is 0. The average molecular weight is 395 g/mol. The van der Waals surface area contributed by atoms with Gasteiger partial charge in [0.05, 0.1) is 17.3 Å². The van der Waals surface area contributed by atoms with Crippen LogP contribution >= 0.6 is 11.6 Å². The molecule has 1 amide bonds. The second-order valence-corrected chi connectivity index (χ2v) is 6.66. The summed E-state index contributed by atoms with van der Waals surface area (Å²) in [6.07, 6.45) is 0. The fraction of sp³-hybridized carbons (Fsp3) is 0.0909. The lowest BCUT2D eigenvalue weighted by Gasteiger charge is -2.11. The number of amides is 1. The standard InChI is InChI=1S/C22H19ClN2O3/c1-14-6-2-3-7-16(14)22(28)17-11-10-15(12-18(17)23)24-13-21(27)25-19-8-4-5-9-20(19)26/h2-12,24,26H,13H2,1H3,(H,25,27). The lowest BCUT2D eigenvalue weighted by atomic mass is 9.99. The average Bonchev–Trinajstić information content (AvgIpc) is 2.68. The number of ketones is 1. The van der Waals surface area contributed by atoms with Gasteiger partial charge in [-0.3, -0.25) is 9.59 Å². The number of phenols is 1. The van der Waals surface area contributed by atoms with E-state index >= 15 is 0 Å². The fourth-order valence-corrected chi connectivity index (χ4v) is 3.00. The number of anilines is 2. The van der Waals surface area contributed by atoms with Crippen LogP contribution in [0.4, 0.5) is 11.4 Å². The van der Waals surface area contributed by atoms with Crippen molar-refractivity contribution in [1.29, 1.82) is 0 Å². The molecule has 0 atom stereocenters.